The number of ether oxygens (including phenoxy) is 1. The number of nitrogens with one attached hydrogen (secondary N) is 2. The summed E-state index contributed by atoms with van der Waals surface area (Å²) in [4.78, 5) is 33.1. The second-order valence-corrected chi connectivity index (χ2v) is 5.42. The van der Waals surface area contributed by atoms with Gasteiger partial charge in [-0.15, -0.1) is 0 Å². The van der Waals surface area contributed by atoms with Crippen LogP contribution in [-0.4, -0.2) is 29.5 Å². The number of hydrazine groups is 1. The van der Waals surface area contributed by atoms with Gasteiger partial charge in [0.25, 0.3) is 5.91 Å². The van der Waals surface area contributed by atoms with E-state index in [1.165, 1.54) is 0 Å². The molecule has 1 rings (SSSR count). The maximum absolute atomic E-state index is 11.5. The molecule has 0 aliphatic rings. The van der Waals surface area contributed by atoms with Gasteiger partial charge in [-0.3, -0.25) is 25.2 Å². The molecule has 1 aromatic rings. The number of hydrogen-bond donors (Lipinski definition) is 3. The Labute approximate surface area is 136 Å². The van der Waals surface area contributed by atoms with Crippen LogP contribution in [-0.2, 0) is 14.4 Å². The lowest BCUT2D eigenvalue weighted by molar-refractivity contribution is -0.137. The Morgan fingerprint density at radius 1 is 1.18 bits per heavy atom. The van der Waals surface area contributed by atoms with Crippen LogP contribution in [0.4, 0.5) is 0 Å². The van der Waals surface area contributed by atoms with Crippen molar-refractivity contribution in [2.45, 2.75) is 26.2 Å². The van der Waals surface area contributed by atoms with Crippen molar-refractivity contribution in [2.75, 3.05) is 6.61 Å². The fourth-order valence-corrected chi connectivity index (χ4v) is 2.11. The van der Waals surface area contributed by atoms with Gasteiger partial charge in [0, 0.05) is 12.8 Å². The van der Waals surface area contributed by atoms with Crippen LogP contribution in [0, 0.1) is 6.92 Å². The molecule has 7 nitrogen and oxygen atoms in total. The quantitative estimate of drug-likeness (QED) is 0.629. The van der Waals surface area contributed by atoms with Gasteiger partial charge in [0.15, 0.2) is 6.61 Å². The maximum atomic E-state index is 11.5. The van der Waals surface area contributed by atoms with Gasteiger partial charge in [-0.25, -0.2) is 0 Å². The largest absolute Gasteiger partial charge is 0.483 e. The molecular formula is C14H17BrN2O5. The molecule has 0 fully saturated rings. The first-order chi connectivity index (χ1) is 10.4. The molecule has 3 N–H and O–H groups in total. The van der Waals surface area contributed by atoms with Gasteiger partial charge in [0.1, 0.15) is 5.75 Å². The van der Waals surface area contributed by atoms with Gasteiger partial charge in [-0.05, 0) is 47.0 Å². The normalized spacial score (nSPS) is 9.91. The number of carboxylic acid groups (broad SMARTS) is 1. The molecule has 0 atom stereocenters. The van der Waals surface area contributed by atoms with Crippen molar-refractivity contribution in [1.29, 1.82) is 0 Å². The SMILES string of the molecule is Cc1ccc(OCC(=O)NNC(=O)CCCC(=O)O)c(Br)c1. The van der Waals surface area contributed by atoms with Gasteiger partial charge < -0.3 is 9.84 Å². The van der Waals surface area contributed by atoms with Crippen molar-refractivity contribution in [3.05, 3.63) is 28.2 Å². The maximum Gasteiger partial charge on any atom is 0.303 e. The molecule has 0 radical (unpaired) electrons. The Hall–Kier alpha value is -2.09. The molecule has 0 aliphatic heterocycles. The Morgan fingerprint density at radius 3 is 2.50 bits per heavy atom. The van der Waals surface area contributed by atoms with Crippen LogP contribution in [0.25, 0.3) is 0 Å². The summed E-state index contributed by atoms with van der Waals surface area (Å²) in [6.45, 7) is 1.68. The van der Waals surface area contributed by atoms with Crippen molar-refractivity contribution in [1.82, 2.24) is 10.9 Å². The number of carbonyl (C=O) groups is 3. The number of amides is 2. The van der Waals surface area contributed by atoms with Crippen LogP contribution in [0.3, 0.4) is 0 Å². The minimum absolute atomic E-state index is 0.0247. The zero-order valence-corrected chi connectivity index (χ0v) is 13.6. The van der Waals surface area contributed by atoms with E-state index in [0.29, 0.717) is 5.75 Å². The van der Waals surface area contributed by atoms with E-state index in [1.54, 1.807) is 6.07 Å². The van der Waals surface area contributed by atoms with Crippen LogP contribution in [0.15, 0.2) is 22.7 Å². The number of aryl methyl sites for hydroxylation is 1. The highest BCUT2D eigenvalue weighted by Gasteiger charge is 2.08. The molecule has 2 amide bonds. The second kappa shape index (κ2) is 9.04. The minimum atomic E-state index is -0.964. The molecule has 0 saturated heterocycles. The van der Waals surface area contributed by atoms with E-state index in [9.17, 15) is 14.4 Å². The summed E-state index contributed by atoms with van der Waals surface area (Å²) in [6.07, 6.45) is 0.146. The molecule has 22 heavy (non-hydrogen) atoms. The van der Waals surface area contributed by atoms with Gasteiger partial charge in [-0.2, -0.15) is 0 Å². The Balaban J connectivity index is 2.26. The molecule has 8 heteroatoms. The first kappa shape index (κ1) is 18.0. The molecule has 0 saturated carbocycles. The van der Waals surface area contributed by atoms with Crippen molar-refractivity contribution in [3.8, 4) is 5.75 Å². The number of hydrogen-bond acceptors (Lipinski definition) is 4. The fourth-order valence-electron chi connectivity index (χ4n) is 1.50. The van der Waals surface area contributed by atoms with Crippen LogP contribution in [0.1, 0.15) is 24.8 Å². The molecule has 0 aromatic heterocycles. The predicted molar refractivity (Wildman–Crippen MR) is 82.1 cm³/mol. The Bertz CT molecular complexity index is 562. The van der Waals surface area contributed by atoms with Crippen molar-refractivity contribution in [2.24, 2.45) is 0 Å². The highest BCUT2D eigenvalue weighted by Crippen LogP contribution is 2.25. The highest BCUT2D eigenvalue weighted by molar-refractivity contribution is 9.10. The van der Waals surface area contributed by atoms with E-state index < -0.39 is 17.8 Å². The lowest BCUT2D eigenvalue weighted by Crippen LogP contribution is -2.43. The number of rotatable bonds is 7. The van der Waals surface area contributed by atoms with E-state index >= 15 is 0 Å². The van der Waals surface area contributed by atoms with E-state index in [2.05, 4.69) is 26.8 Å². The standard InChI is InChI=1S/C14H17BrN2O5/c1-9-5-6-11(10(15)7-9)22-8-13(19)17-16-12(18)3-2-4-14(20)21/h5-7H,2-4,8H2,1H3,(H,16,18)(H,17,19)(H,20,21). The monoisotopic (exact) mass is 372 g/mol. The van der Waals surface area contributed by atoms with Gasteiger partial charge in [-0.1, -0.05) is 6.07 Å². The van der Waals surface area contributed by atoms with Crippen LogP contribution >= 0.6 is 15.9 Å². The van der Waals surface area contributed by atoms with Crippen molar-refractivity contribution >= 4 is 33.7 Å². The Kier molecular flexibility index (Phi) is 7.38. The molecule has 0 unspecified atom stereocenters. The van der Waals surface area contributed by atoms with E-state index in [4.69, 9.17) is 9.84 Å². The molecule has 0 spiro atoms. The number of benzene rings is 1. The highest BCUT2D eigenvalue weighted by atomic mass is 79.9. The Morgan fingerprint density at radius 2 is 1.86 bits per heavy atom. The topological polar surface area (TPSA) is 105 Å². The summed E-state index contributed by atoms with van der Waals surface area (Å²) < 4.78 is 6.04. The number of halogens is 1. The summed E-state index contributed by atoms with van der Waals surface area (Å²) in [5.41, 5.74) is 5.44. The van der Waals surface area contributed by atoms with Gasteiger partial charge in [0.2, 0.25) is 5.91 Å². The predicted octanol–water partition coefficient (Wildman–Crippen LogP) is 1.54. The second-order valence-electron chi connectivity index (χ2n) is 4.57. The molecule has 0 aliphatic carbocycles. The summed E-state index contributed by atoms with van der Waals surface area (Å²) in [5, 5.41) is 8.44. The van der Waals surface area contributed by atoms with Crippen LogP contribution in [0.2, 0.25) is 0 Å². The first-order valence-corrected chi connectivity index (χ1v) is 7.36. The number of aliphatic carboxylic acids is 1. The fraction of sp³-hybridized carbons (Fsp3) is 0.357. The van der Waals surface area contributed by atoms with Crippen molar-refractivity contribution in [3.63, 3.8) is 0 Å². The number of carboxylic acids is 1. The zero-order chi connectivity index (χ0) is 16.5. The van der Waals surface area contributed by atoms with E-state index in [0.717, 1.165) is 10.0 Å². The number of carbonyl (C=O) groups excluding carboxylic acids is 2. The van der Waals surface area contributed by atoms with Gasteiger partial charge in [0.05, 0.1) is 4.47 Å². The summed E-state index contributed by atoms with van der Waals surface area (Å²) in [7, 11) is 0. The first-order valence-electron chi connectivity index (χ1n) is 6.57. The van der Waals surface area contributed by atoms with E-state index in [-0.39, 0.29) is 25.9 Å². The molecular weight excluding hydrogens is 356 g/mol. The third kappa shape index (κ3) is 7.07. The summed E-state index contributed by atoms with van der Waals surface area (Å²) in [6, 6.07) is 5.44. The van der Waals surface area contributed by atoms with Gasteiger partial charge >= 0.3 is 5.97 Å². The zero-order valence-electron chi connectivity index (χ0n) is 12.0. The third-order valence-corrected chi connectivity index (χ3v) is 3.20. The van der Waals surface area contributed by atoms with Crippen LogP contribution < -0.4 is 15.6 Å². The van der Waals surface area contributed by atoms with Crippen molar-refractivity contribution < 1.29 is 24.2 Å². The average Bonchev–Trinajstić information content (AvgIpc) is 2.43. The summed E-state index contributed by atoms with van der Waals surface area (Å²) in [5.74, 6) is -1.41. The minimum Gasteiger partial charge on any atom is -0.483 e. The molecule has 0 bridgehead atoms. The molecule has 0 heterocycles. The average molecular weight is 373 g/mol. The van der Waals surface area contributed by atoms with Crippen LogP contribution in [0.5, 0.6) is 5.75 Å². The van der Waals surface area contributed by atoms with E-state index in [1.807, 2.05) is 19.1 Å². The lowest BCUT2D eigenvalue weighted by Gasteiger charge is -2.10. The molecule has 1 aromatic carbocycles. The lowest BCUT2D eigenvalue weighted by atomic mass is 10.2. The third-order valence-electron chi connectivity index (χ3n) is 2.58. The summed E-state index contributed by atoms with van der Waals surface area (Å²) >= 11 is 3.33. The smallest absolute Gasteiger partial charge is 0.303 e. The molecule has 120 valence electrons.